The van der Waals surface area contributed by atoms with Crippen LogP contribution in [0.5, 0.6) is 0 Å². The first kappa shape index (κ1) is 11.5. The minimum absolute atomic E-state index is 0.143. The Hall–Kier alpha value is -1.58. The highest BCUT2D eigenvalue weighted by Gasteiger charge is 2.69. The van der Waals surface area contributed by atoms with Crippen molar-refractivity contribution in [2.45, 2.75) is 50.0 Å². The van der Waals surface area contributed by atoms with Gasteiger partial charge in [-0.1, -0.05) is 19.4 Å². The van der Waals surface area contributed by atoms with Crippen molar-refractivity contribution in [1.29, 1.82) is 0 Å². The van der Waals surface area contributed by atoms with Gasteiger partial charge in [0.05, 0.1) is 0 Å². The Labute approximate surface area is 106 Å². The number of carbonyl (C=O) groups is 1. The molecule has 96 valence electrons. The lowest BCUT2D eigenvalue weighted by molar-refractivity contribution is -0.0848. The number of hydrogen-bond acceptors (Lipinski definition) is 2. The molecule has 4 rings (SSSR count). The van der Waals surface area contributed by atoms with Crippen molar-refractivity contribution in [3.05, 3.63) is 29.6 Å². The molecule has 3 aliphatic rings. The lowest BCUT2D eigenvalue weighted by Gasteiger charge is -2.69. The Bertz CT molecular complexity index is 461. The van der Waals surface area contributed by atoms with Gasteiger partial charge in [0.1, 0.15) is 0 Å². The van der Waals surface area contributed by atoms with Crippen LogP contribution in [-0.2, 0) is 11.8 Å². The lowest BCUT2D eigenvalue weighted by Crippen LogP contribution is -2.76. The third kappa shape index (κ3) is 1.59. The zero-order chi connectivity index (χ0) is 12.8. The molecule has 0 spiro atoms. The maximum atomic E-state index is 10.7. The van der Waals surface area contributed by atoms with Crippen LogP contribution in [0.1, 0.15) is 43.9 Å². The zero-order valence-corrected chi connectivity index (χ0v) is 10.6. The van der Waals surface area contributed by atoms with Gasteiger partial charge in [-0.3, -0.25) is 4.98 Å². The third-order valence-electron chi connectivity index (χ3n) is 4.31. The highest BCUT2D eigenvalue weighted by molar-refractivity contribution is 5.67. The van der Waals surface area contributed by atoms with E-state index in [1.165, 1.54) is 5.56 Å². The van der Waals surface area contributed by atoms with E-state index in [2.05, 4.69) is 29.4 Å². The molecule has 3 saturated carbocycles. The molecule has 1 heterocycles. The number of aryl methyl sites for hydroxylation is 1. The first-order valence-corrected chi connectivity index (χ1v) is 6.54. The molecule has 3 fully saturated rings. The van der Waals surface area contributed by atoms with E-state index in [0.717, 1.165) is 37.8 Å². The molecule has 0 aromatic carbocycles. The first-order chi connectivity index (χ1) is 8.57. The van der Waals surface area contributed by atoms with Crippen molar-refractivity contribution in [2.75, 3.05) is 0 Å². The highest BCUT2D eigenvalue weighted by atomic mass is 16.4. The van der Waals surface area contributed by atoms with Gasteiger partial charge in [0.25, 0.3) is 0 Å². The van der Waals surface area contributed by atoms with E-state index < -0.39 is 6.09 Å². The fraction of sp³-hybridized carbons (Fsp3) is 0.571. The van der Waals surface area contributed by atoms with Crippen LogP contribution in [0, 0.1) is 0 Å². The molecule has 3 aliphatic carbocycles. The third-order valence-corrected chi connectivity index (χ3v) is 4.31. The van der Waals surface area contributed by atoms with Gasteiger partial charge in [-0.25, -0.2) is 4.79 Å². The van der Waals surface area contributed by atoms with Gasteiger partial charge in [0.2, 0.25) is 0 Å². The summed E-state index contributed by atoms with van der Waals surface area (Å²) in [6.07, 6.45) is 6.00. The number of pyridine rings is 1. The molecule has 0 unspecified atom stereocenters. The molecule has 1 amide bonds. The summed E-state index contributed by atoms with van der Waals surface area (Å²) in [5.41, 5.74) is 2.44. The minimum Gasteiger partial charge on any atom is -0.465 e. The van der Waals surface area contributed by atoms with Crippen molar-refractivity contribution < 1.29 is 9.90 Å². The van der Waals surface area contributed by atoms with Gasteiger partial charge in [-0.2, -0.15) is 0 Å². The number of aromatic nitrogens is 1. The molecule has 2 bridgehead atoms. The van der Waals surface area contributed by atoms with Crippen molar-refractivity contribution in [1.82, 2.24) is 10.3 Å². The Morgan fingerprint density at radius 2 is 2.17 bits per heavy atom. The van der Waals surface area contributed by atoms with Crippen LogP contribution in [0.3, 0.4) is 0 Å². The maximum Gasteiger partial charge on any atom is 0.405 e. The Kier molecular flexibility index (Phi) is 2.37. The van der Waals surface area contributed by atoms with Gasteiger partial charge >= 0.3 is 6.09 Å². The Morgan fingerprint density at radius 1 is 1.44 bits per heavy atom. The molecular weight excluding hydrogens is 228 g/mol. The summed E-state index contributed by atoms with van der Waals surface area (Å²) in [5.74, 6) is 0. The smallest absolute Gasteiger partial charge is 0.405 e. The quantitative estimate of drug-likeness (QED) is 0.858. The van der Waals surface area contributed by atoms with E-state index in [4.69, 9.17) is 5.11 Å². The fourth-order valence-corrected chi connectivity index (χ4v) is 3.59. The molecule has 0 saturated heterocycles. The maximum absolute atomic E-state index is 10.7. The number of rotatable bonds is 4. The minimum atomic E-state index is -0.908. The van der Waals surface area contributed by atoms with E-state index >= 15 is 0 Å². The van der Waals surface area contributed by atoms with Crippen LogP contribution in [0.4, 0.5) is 4.79 Å². The standard InChI is InChI=1S/C14H18N2O2/c1-2-3-10-4-5-11(15-6-10)13-7-14(8-13,9-13)16-12(17)18/h4-6,16H,2-3,7-9H2,1H3,(H,17,18). The van der Waals surface area contributed by atoms with Crippen LogP contribution < -0.4 is 5.32 Å². The number of carboxylic acid groups (broad SMARTS) is 1. The normalized spacial score (nSPS) is 32.3. The summed E-state index contributed by atoms with van der Waals surface area (Å²) in [7, 11) is 0. The summed E-state index contributed by atoms with van der Waals surface area (Å²) >= 11 is 0. The molecule has 1 aromatic heterocycles. The molecule has 4 heteroatoms. The second kappa shape index (κ2) is 3.70. The van der Waals surface area contributed by atoms with Crippen LogP contribution in [0.2, 0.25) is 0 Å². The van der Waals surface area contributed by atoms with Crippen molar-refractivity contribution in [3.63, 3.8) is 0 Å². The highest BCUT2D eigenvalue weighted by Crippen LogP contribution is 2.67. The van der Waals surface area contributed by atoms with Crippen molar-refractivity contribution in [2.24, 2.45) is 0 Å². The van der Waals surface area contributed by atoms with E-state index in [1.807, 2.05) is 6.20 Å². The number of nitrogens with zero attached hydrogens (tertiary/aromatic N) is 1. The summed E-state index contributed by atoms with van der Waals surface area (Å²) in [5, 5.41) is 11.4. The number of amides is 1. The van der Waals surface area contributed by atoms with E-state index in [9.17, 15) is 4.79 Å². The largest absolute Gasteiger partial charge is 0.465 e. The molecule has 0 aliphatic heterocycles. The summed E-state index contributed by atoms with van der Waals surface area (Å²) in [6, 6.07) is 4.28. The predicted octanol–water partition coefficient (Wildman–Crippen LogP) is 2.48. The molecule has 18 heavy (non-hydrogen) atoms. The van der Waals surface area contributed by atoms with Gasteiger partial charge in [0, 0.05) is 22.8 Å². The van der Waals surface area contributed by atoms with Crippen molar-refractivity contribution in [3.8, 4) is 0 Å². The van der Waals surface area contributed by atoms with Crippen LogP contribution in [-0.4, -0.2) is 21.7 Å². The summed E-state index contributed by atoms with van der Waals surface area (Å²) < 4.78 is 0. The van der Waals surface area contributed by atoms with E-state index in [-0.39, 0.29) is 11.0 Å². The lowest BCUT2D eigenvalue weighted by atomic mass is 9.38. The molecule has 0 radical (unpaired) electrons. The van der Waals surface area contributed by atoms with Crippen molar-refractivity contribution >= 4 is 6.09 Å². The topological polar surface area (TPSA) is 62.2 Å². The average Bonchev–Trinajstić information content (AvgIpc) is 2.23. The van der Waals surface area contributed by atoms with Crippen LogP contribution in [0.15, 0.2) is 18.3 Å². The first-order valence-electron chi connectivity index (χ1n) is 6.54. The molecule has 2 N–H and O–H groups in total. The Morgan fingerprint density at radius 3 is 2.67 bits per heavy atom. The van der Waals surface area contributed by atoms with Crippen LogP contribution in [0.25, 0.3) is 0 Å². The Balaban J connectivity index is 1.67. The van der Waals surface area contributed by atoms with Gasteiger partial charge in [0.15, 0.2) is 0 Å². The van der Waals surface area contributed by atoms with Crippen LogP contribution >= 0.6 is 0 Å². The van der Waals surface area contributed by atoms with E-state index in [0.29, 0.717) is 0 Å². The monoisotopic (exact) mass is 246 g/mol. The second-order valence-electron chi connectivity index (χ2n) is 5.82. The van der Waals surface area contributed by atoms with Gasteiger partial charge in [-0.05, 0) is 37.3 Å². The molecule has 1 aromatic rings. The molecule has 0 atom stereocenters. The summed E-state index contributed by atoms with van der Waals surface area (Å²) in [6.45, 7) is 2.16. The van der Waals surface area contributed by atoms with Gasteiger partial charge in [-0.15, -0.1) is 0 Å². The molecule has 4 nitrogen and oxygen atoms in total. The fourth-order valence-electron chi connectivity index (χ4n) is 3.59. The zero-order valence-electron chi connectivity index (χ0n) is 10.6. The SMILES string of the molecule is CCCc1ccc(C23CC(NC(=O)O)(C2)C3)nc1. The molecular formula is C14H18N2O2. The number of hydrogen-bond donors (Lipinski definition) is 2. The summed E-state index contributed by atoms with van der Waals surface area (Å²) in [4.78, 5) is 15.2. The van der Waals surface area contributed by atoms with E-state index in [1.54, 1.807) is 0 Å². The second-order valence-corrected chi connectivity index (χ2v) is 5.82. The van der Waals surface area contributed by atoms with Gasteiger partial charge < -0.3 is 10.4 Å². The number of nitrogens with one attached hydrogen (secondary N) is 1. The predicted molar refractivity (Wildman–Crippen MR) is 67.7 cm³/mol. The average molecular weight is 246 g/mol.